The molecule has 2 saturated carbocycles. The number of ether oxygens (including phenoxy) is 1. The molecular weight excluding hydrogens is 1790 g/mol. The van der Waals surface area contributed by atoms with E-state index in [9.17, 15) is 57.0 Å². The average Bonchev–Trinajstić information content (AvgIpc) is 1.58. The number of aromatic nitrogens is 8. The summed E-state index contributed by atoms with van der Waals surface area (Å²) in [6.45, 7) is 37.0. The third-order valence-corrected chi connectivity index (χ3v) is 32.4. The Morgan fingerprint density at radius 3 is 0.940 bits per heavy atom. The lowest BCUT2D eigenvalue weighted by Crippen LogP contribution is -2.58. The fourth-order valence-corrected chi connectivity index (χ4v) is 22.8. The predicted octanol–water partition coefficient (Wildman–Crippen LogP) is 13.6. The third-order valence-electron chi connectivity index (χ3n) is 26.5. The lowest BCUT2D eigenvalue weighted by molar-refractivity contribution is -0.171. The van der Waals surface area contributed by atoms with Gasteiger partial charge in [-0.25, -0.2) is 48.3 Å². The Morgan fingerprint density at radius 1 is 0.421 bits per heavy atom. The van der Waals surface area contributed by atoms with Gasteiger partial charge in [0.25, 0.3) is 47.3 Å². The van der Waals surface area contributed by atoms with E-state index in [-0.39, 0.29) is 148 Å². The van der Waals surface area contributed by atoms with E-state index in [1.165, 1.54) is 56.5 Å². The molecule has 16 heterocycles. The van der Waals surface area contributed by atoms with Crippen LogP contribution < -0.4 is 31.9 Å². The monoisotopic (exact) mass is 1920 g/mol. The van der Waals surface area contributed by atoms with Crippen LogP contribution in [-0.2, 0) is 14.6 Å². The number of likely N-dealkylation sites (tertiary alicyclic amines) is 5. The molecule has 0 spiro atoms. The highest BCUT2D eigenvalue weighted by molar-refractivity contribution is 7.91. The fourth-order valence-electron chi connectivity index (χ4n) is 17.7. The summed E-state index contributed by atoms with van der Waals surface area (Å²) in [6.07, 6.45) is 21.0. The molecule has 2 unspecified atom stereocenters. The number of thiazole rings is 4. The number of sulfone groups is 1. The Labute approximate surface area is 795 Å². The molecule has 10 fully saturated rings. The molecule has 0 radical (unpaired) electrons. The van der Waals surface area contributed by atoms with E-state index >= 15 is 0 Å². The summed E-state index contributed by atoms with van der Waals surface area (Å²) in [4.78, 5) is 156. The van der Waals surface area contributed by atoms with E-state index < -0.39 is 27.3 Å². The molecule has 10 aliphatic rings. The van der Waals surface area contributed by atoms with E-state index in [0.29, 0.717) is 88.3 Å². The maximum absolute atomic E-state index is 13.6. The van der Waals surface area contributed by atoms with Crippen LogP contribution in [0, 0.1) is 27.7 Å². The molecule has 716 valence electrons. The molecule has 12 atom stereocenters. The number of hydrogen-bond donors (Lipinski definition) is 8. The summed E-state index contributed by atoms with van der Waals surface area (Å²) in [5, 5.41) is 39.2. The number of piperidine rings is 1. The molecule has 8 aromatic heterocycles. The number of carbonyl (C=O) groups excluding carboxylic acids is 8. The van der Waals surface area contributed by atoms with Crippen LogP contribution in [0.15, 0.2) is 49.1 Å². The zero-order chi connectivity index (χ0) is 95.5. The lowest BCUT2D eigenvalue weighted by atomic mass is 9.89. The van der Waals surface area contributed by atoms with E-state index in [4.69, 9.17) is 4.74 Å². The molecule has 2 bridgehead atoms. The van der Waals surface area contributed by atoms with Crippen LogP contribution in [0.5, 0.6) is 0 Å². The van der Waals surface area contributed by atoms with Gasteiger partial charge in [0.05, 0.1) is 61.3 Å². The van der Waals surface area contributed by atoms with Crippen molar-refractivity contribution < 1.29 is 61.7 Å². The summed E-state index contributed by atoms with van der Waals surface area (Å²) in [7, 11) is -3.20. The molecule has 8 N–H and O–H groups in total. The number of morpholine rings is 1. The van der Waals surface area contributed by atoms with Crippen molar-refractivity contribution in [3.8, 4) is 41.8 Å². The number of amides is 8. The summed E-state index contributed by atoms with van der Waals surface area (Å²) in [5.74, 6) is 1.38. The molecule has 133 heavy (non-hydrogen) atoms. The number of nitrogens with zero attached hydrogens (tertiary/aromatic N) is 14. The summed E-state index contributed by atoms with van der Waals surface area (Å²) in [5.41, 5.74) is 8.30. The van der Waals surface area contributed by atoms with Crippen molar-refractivity contribution in [3.63, 3.8) is 0 Å². The minimum absolute atomic E-state index is 0.0960. The second-order valence-electron chi connectivity index (χ2n) is 37.7. The van der Waals surface area contributed by atoms with Crippen molar-refractivity contribution >= 4 is 126 Å². The first-order chi connectivity index (χ1) is 63.3. The Hall–Kier alpha value is -10.1. The smallest absolute Gasteiger partial charge is 0.283 e. The second-order valence-corrected chi connectivity index (χ2v) is 44.0. The van der Waals surface area contributed by atoms with Crippen molar-refractivity contribution in [2.75, 3.05) is 79.9 Å². The van der Waals surface area contributed by atoms with Crippen molar-refractivity contribution in [1.29, 1.82) is 0 Å². The average molecular weight is 1920 g/mol. The molecule has 38 heteroatoms. The molecular formula is C95H128N20O13S5. The third kappa shape index (κ3) is 22.7. The van der Waals surface area contributed by atoms with Crippen LogP contribution in [0.1, 0.15) is 283 Å². The van der Waals surface area contributed by atoms with Crippen molar-refractivity contribution in [2.45, 2.75) is 297 Å². The number of carbonyl (C=O) groups is 8. The number of aliphatic hydroxyl groups is 2. The van der Waals surface area contributed by atoms with Gasteiger partial charge in [0, 0.05) is 160 Å². The topological polar surface area (TPSA) is 415 Å². The largest absolute Gasteiger partial charge is 0.391 e. The van der Waals surface area contributed by atoms with Crippen molar-refractivity contribution in [1.82, 2.24) is 79.9 Å². The predicted molar refractivity (Wildman–Crippen MR) is 520 cm³/mol. The van der Waals surface area contributed by atoms with Gasteiger partial charge in [0.1, 0.15) is 46.0 Å². The van der Waals surface area contributed by atoms with Gasteiger partial charge in [-0.2, -0.15) is 0 Å². The second kappa shape index (κ2) is 42.4. The SMILES string of the molecule is CC[C@@H](C)Nc1cc(C)c(-c2sc(C(=O)N3CC(S(C)(=O)=O)C3)nc2C(=O)N2CCC[C@@H]2C)cn1.CC[C@@H](C)Nc1cc(C)c(-c2sc(C(=O)N3CC4CC(C3)O4)nc2C(=O)N2CCC[C@@H]2C)cn1.Cc1cc(NC(C)C)ncc1-c1sc(C(=O)N[C@@H]2CC[C@H]2O)nc1C(=O)N1CCC[C@@H]1C.Cc1cc(NC(C)C)ncc1-c1sc(C(=O)N[C@H]2CC[C@@H]2O)nc1C(=O)N1CCC[C@@H]1C. The molecule has 18 rings (SSSR count). The van der Waals surface area contributed by atoms with Gasteiger partial charge in [0.15, 0.2) is 29.9 Å². The van der Waals surface area contributed by atoms with Crippen LogP contribution in [0.25, 0.3) is 41.8 Å². The molecule has 2 aliphatic carbocycles. The van der Waals surface area contributed by atoms with Crippen molar-refractivity contribution in [2.24, 2.45) is 0 Å². The standard InChI is InChI=1S/C25H33N5O3S.C24H33N5O4S2.2C23H31N5O3S/c1-5-15(3)27-20-9-14(2)19(11-26-20)22-21(24(31)30-8-6-7-16(30)4)28-23(34-22)25(32)29-12-17-10-18(13-29)33-17;1-6-15(3)26-19-10-14(2)18(11-25-19)21-20(23(30)29-9-7-8-16(29)4)27-22(34-21)24(31)28-12-17(13-28)35(5,32)33;2*1-12(2)25-18-10-13(3)15(11-24-18)20-19(23(31)28-9-5-6-14(28)4)27-22(32-20)21(30)26-16-7-8-17(16)29/h9,11,15-18H,5-8,10,12-13H2,1-4H3,(H,26,27);10-11,15-17H,6-9,12-13H2,1-5H3,(H,25,26);2*10-12,14,16-17,29H,5-9H2,1-4H3,(H,24,25)(H,26,30)/t15-,16+,17?,18?;15-,16+;14-,16+,17+;14-,16-,17-/m1100/s1. The highest BCUT2D eigenvalue weighted by Crippen LogP contribution is 2.43. The number of hydrogen-bond acceptors (Lipinski definition) is 29. The van der Waals surface area contributed by atoms with Crippen molar-refractivity contribution in [3.05, 3.63) is 114 Å². The quantitative estimate of drug-likeness (QED) is 0.0263. The minimum Gasteiger partial charge on any atom is -0.391 e. The normalized spacial score (nSPS) is 22.4. The van der Waals surface area contributed by atoms with E-state index in [0.717, 1.165) is 163 Å². The van der Waals surface area contributed by atoms with Gasteiger partial charge in [-0.05, 0) is 233 Å². The summed E-state index contributed by atoms with van der Waals surface area (Å²) < 4.78 is 29.2. The van der Waals surface area contributed by atoms with Crippen LogP contribution in [0.4, 0.5) is 23.3 Å². The zero-order valence-corrected chi connectivity index (χ0v) is 83.3. The zero-order valence-electron chi connectivity index (χ0n) is 79.2. The number of aryl methyl sites for hydroxylation is 4. The van der Waals surface area contributed by atoms with Gasteiger partial charge >= 0.3 is 0 Å². The van der Waals surface area contributed by atoms with Gasteiger partial charge in [-0.1, -0.05) is 13.8 Å². The lowest BCUT2D eigenvalue weighted by Gasteiger charge is -2.46. The first-order valence-corrected chi connectivity index (χ1v) is 52.2. The molecule has 8 aromatic rings. The Bertz CT molecular complexity index is 5580. The highest BCUT2D eigenvalue weighted by Gasteiger charge is 2.45. The number of fused-ring (bicyclic) bond motifs is 2. The number of anilines is 4. The van der Waals surface area contributed by atoms with E-state index in [1.807, 2.05) is 125 Å². The van der Waals surface area contributed by atoms with Crippen LogP contribution >= 0.6 is 45.3 Å². The molecule has 0 aromatic carbocycles. The van der Waals surface area contributed by atoms with Gasteiger partial charge in [-0.3, -0.25) is 38.4 Å². The first kappa shape index (κ1) is 98.9. The molecule has 33 nitrogen and oxygen atoms in total. The molecule has 8 saturated heterocycles. The maximum Gasteiger partial charge on any atom is 0.283 e. The highest BCUT2D eigenvalue weighted by atomic mass is 32.2. The Morgan fingerprint density at radius 2 is 0.699 bits per heavy atom. The van der Waals surface area contributed by atoms with Crippen LogP contribution in [-0.4, -0.2) is 284 Å². The maximum atomic E-state index is 13.6. The number of rotatable bonds is 25. The van der Waals surface area contributed by atoms with Crippen LogP contribution in [0.3, 0.4) is 0 Å². The van der Waals surface area contributed by atoms with Crippen LogP contribution in [0.2, 0.25) is 0 Å². The Kier molecular flexibility index (Phi) is 31.6. The molecule has 8 amide bonds. The van der Waals surface area contributed by atoms with Gasteiger partial charge in [-0.15, -0.1) is 45.3 Å². The summed E-state index contributed by atoms with van der Waals surface area (Å²) >= 11 is 4.90. The minimum atomic E-state index is -3.20. The molecule has 8 aliphatic heterocycles. The van der Waals surface area contributed by atoms with Gasteiger partial charge in [0.2, 0.25) is 0 Å². The summed E-state index contributed by atoms with van der Waals surface area (Å²) in [6, 6.07) is 9.04. The fraction of sp³-hybridized carbons (Fsp3) is 0.579. The number of pyridine rings is 4. The Balaban J connectivity index is 0.000000143. The number of aliphatic hydroxyl groups excluding tert-OH is 2. The van der Waals surface area contributed by atoms with E-state index in [1.54, 1.807) is 24.8 Å². The number of nitrogens with one attached hydrogen (secondary N) is 6. The first-order valence-electron chi connectivity index (χ1n) is 46.9. The van der Waals surface area contributed by atoms with Gasteiger partial charge < -0.3 is 76.3 Å². The van der Waals surface area contributed by atoms with E-state index in [2.05, 4.69) is 106 Å².